The lowest BCUT2D eigenvalue weighted by Gasteiger charge is -2.33. The van der Waals surface area contributed by atoms with Crippen LogP contribution in [0.5, 0.6) is 0 Å². The predicted molar refractivity (Wildman–Crippen MR) is 41.0 cm³/mol. The van der Waals surface area contributed by atoms with Crippen LogP contribution in [0.3, 0.4) is 0 Å². The molecule has 0 aliphatic heterocycles. The Morgan fingerprint density at radius 2 is 1.22 bits per heavy atom. The van der Waals surface area contributed by atoms with Gasteiger partial charge in [-0.25, -0.2) is 0 Å². The van der Waals surface area contributed by atoms with Crippen molar-refractivity contribution in [1.29, 1.82) is 0 Å². The number of hydrogen-bond acceptors (Lipinski definition) is 1. The number of rotatable bonds is 5. The molecule has 0 fully saturated rings. The first kappa shape index (κ1) is 17.3. The lowest BCUT2D eigenvalue weighted by atomic mass is 10.00. The lowest BCUT2D eigenvalue weighted by molar-refractivity contribution is -0.396. The number of carbonyl (C=O) groups excluding carboxylic acids is 1. The largest absolute Gasteiger partial charge is 0.460 e. The highest BCUT2D eigenvalue weighted by Gasteiger charge is 2.81. The maximum absolute atomic E-state index is 12.6. The van der Waals surface area contributed by atoms with Gasteiger partial charge >= 0.3 is 23.9 Å². The van der Waals surface area contributed by atoms with Crippen molar-refractivity contribution in [2.45, 2.75) is 36.8 Å². The van der Waals surface area contributed by atoms with Gasteiger partial charge in [-0.15, -0.1) is 0 Å². The molecule has 0 saturated carbocycles. The van der Waals surface area contributed by atoms with Gasteiger partial charge < -0.3 is 0 Å². The second-order valence-corrected chi connectivity index (χ2v) is 3.63. The molecule has 0 bridgehead atoms. The van der Waals surface area contributed by atoms with Gasteiger partial charge in [0, 0.05) is 12.8 Å². The fourth-order valence-electron chi connectivity index (χ4n) is 0.820. The summed E-state index contributed by atoms with van der Waals surface area (Å²) in [5.41, 5.74) is 0. The van der Waals surface area contributed by atoms with E-state index >= 15 is 0 Å². The summed E-state index contributed by atoms with van der Waals surface area (Å²) < 4.78 is 110. The van der Waals surface area contributed by atoms with E-state index in [0.29, 0.717) is 0 Å². The normalized spacial score (nSPS) is 14.8. The molecule has 0 unspecified atom stereocenters. The van der Waals surface area contributed by atoms with E-state index in [9.17, 15) is 44.3 Å². The number of halogens is 10. The third-order valence-corrected chi connectivity index (χ3v) is 2.03. The SMILES string of the molecule is O=C(Cl)CCC(F)(F)C(F)(F)C(F)(F)C(F)(F)F. The molecule has 18 heavy (non-hydrogen) atoms. The van der Waals surface area contributed by atoms with Crippen molar-refractivity contribution >= 4 is 16.8 Å². The smallest absolute Gasteiger partial charge is 0.281 e. The van der Waals surface area contributed by atoms with Gasteiger partial charge in [0.2, 0.25) is 5.24 Å². The Kier molecular flexibility index (Phi) is 4.60. The molecule has 0 aliphatic carbocycles. The van der Waals surface area contributed by atoms with Crippen LogP contribution in [0.4, 0.5) is 39.5 Å². The van der Waals surface area contributed by atoms with Crippen LogP contribution in [0, 0.1) is 0 Å². The molecule has 0 aliphatic rings. The fraction of sp³-hybridized carbons (Fsp3) is 0.857. The van der Waals surface area contributed by atoms with Crippen molar-refractivity contribution in [2.24, 2.45) is 0 Å². The molecule has 0 aromatic heterocycles. The summed E-state index contributed by atoms with van der Waals surface area (Å²) in [4.78, 5) is 10.0. The lowest BCUT2D eigenvalue weighted by Crippen LogP contribution is -2.60. The standard InChI is InChI=1S/C7H4ClF9O/c8-3(18)1-2-4(9,10)5(11,12)6(13,14)7(15,16)17/h1-2H2. The van der Waals surface area contributed by atoms with Gasteiger partial charge in [0.1, 0.15) is 0 Å². The molecule has 0 atom stereocenters. The van der Waals surface area contributed by atoms with Crippen LogP contribution >= 0.6 is 11.6 Å². The van der Waals surface area contributed by atoms with Crippen molar-refractivity contribution in [2.75, 3.05) is 0 Å². The van der Waals surface area contributed by atoms with E-state index in [4.69, 9.17) is 0 Å². The second-order valence-electron chi connectivity index (χ2n) is 3.21. The molecule has 0 heterocycles. The Labute approximate surface area is 98.9 Å². The first-order valence-corrected chi connectivity index (χ1v) is 4.43. The van der Waals surface area contributed by atoms with Gasteiger partial charge in [-0.1, -0.05) is 0 Å². The molecule has 108 valence electrons. The molecule has 11 heteroatoms. The highest BCUT2D eigenvalue weighted by Crippen LogP contribution is 2.54. The van der Waals surface area contributed by atoms with Crippen molar-refractivity contribution in [3.05, 3.63) is 0 Å². The zero-order chi connectivity index (χ0) is 15.0. The van der Waals surface area contributed by atoms with E-state index < -0.39 is 42.0 Å². The predicted octanol–water partition coefficient (Wildman–Crippen LogP) is 4.00. The van der Waals surface area contributed by atoms with Crippen LogP contribution in [-0.2, 0) is 4.79 Å². The minimum absolute atomic E-state index is 1.47. The van der Waals surface area contributed by atoms with Crippen LogP contribution in [0.25, 0.3) is 0 Å². The van der Waals surface area contributed by atoms with Crippen molar-refractivity contribution in [3.8, 4) is 0 Å². The van der Waals surface area contributed by atoms with E-state index in [0.717, 1.165) is 0 Å². The highest BCUT2D eigenvalue weighted by atomic mass is 35.5. The zero-order valence-corrected chi connectivity index (χ0v) is 8.86. The van der Waals surface area contributed by atoms with E-state index in [1.165, 1.54) is 0 Å². The Balaban J connectivity index is 5.29. The van der Waals surface area contributed by atoms with Crippen LogP contribution in [0.1, 0.15) is 12.8 Å². The monoisotopic (exact) mass is 310 g/mol. The topological polar surface area (TPSA) is 17.1 Å². The molecule has 0 saturated heterocycles. The molecule has 0 radical (unpaired) electrons. The van der Waals surface area contributed by atoms with Gasteiger partial charge in [-0.3, -0.25) is 4.79 Å². The highest BCUT2D eigenvalue weighted by molar-refractivity contribution is 6.63. The average Bonchev–Trinajstić information content (AvgIpc) is 2.12. The minimum Gasteiger partial charge on any atom is -0.281 e. The molecule has 0 amide bonds. The zero-order valence-electron chi connectivity index (χ0n) is 8.10. The molecule has 0 rings (SSSR count). The quantitative estimate of drug-likeness (QED) is 0.554. The van der Waals surface area contributed by atoms with Crippen molar-refractivity contribution < 1.29 is 44.3 Å². The Bertz CT molecular complexity index is 321. The summed E-state index contributed by atoms with van der Waals surface area (Å²) in [7, 11) is 0. The van der Waals surface area contributed by atoms with Crippen LogP contribution < -0.4 is 0 Å². The van der Waals surface area contributed by atoms with E-state index in [1.54, 1.807) is 0 Å². The third-order valence-electron chi connectivity index (χ3n) is 1.85. The Morgan fingerprint density at radius 3 is 1.50 bits per heavy atom. The molecular formula is C7H4ClF9O. The summed E-state index contributed by atoms with van der Waals surface area (Å²) in [5.74, 6) is -19.4. The fourth-order valence-corrected chi connectivity index (χ4v) is 0.914. The molecule has 1 nitrogen and oxygen atoms in total. The maximum Gasteiger partial charge on any atom is 0.460 e. The molecular weight excluding hydrogens is 307 g/mol. The van der Waals surface area contributed by atoms with Crippen LogP contribution in [0.15, 0.2) is 0 Å². The van der Waals surface area contributed by atoms with Crippen molar-refractivity contribution in [1.82, 2.24) is 0 Å². The molecule has 0 aromatic rings. The number of hydrogen-bond donors (Lipinski definition) is 0. The summed E-state index contributed by atoms with van der Waals surface area (Å²) in [6.07, 6.45) is -10.6. The average molecular weight is 311 g/mol. The third kappa shape index (κ3) is 3.01. The van der Waals surface area contributed by atoms with Crippen LogP contribution in [0.2, 0.25) is 0 Å². The van der Waals surface area contributed by atoms with Gasteiger partial charge in [-0.2, -0.15) is 39.5 Å². The Morgan fingerprint density at radius 1 is 0.833 bits per heavy atom. The first-order chi connectivity index (χ1) is 7.67. The van der Waals surface area contributed by atoms with E-state index in [1.807, 2.05) is 0 Å². The first-order valence-electron chi connectivity index (χ1n) is 4.05. The Hall–Kier alpha value is -0.670. The summed E-state index contributed by atoms with van der Waals surface area (Å²) in [5, 5.41) is -1.57. The summed E-state index contributed by atoms with van der Waals surface area (Å²) in [6.45, 7) is 0. The van der Waals surface area contributed by atoms with Crippen LogP contribution in [-0.4, -0.2) is 29.2 Å². The van der Waals surface area contributed by atoms with Gasteiger partial charge in [0.15, 0.2) is 0 Å². The van der Waals surface area contributed by atoms with Gasteiger partial charge in [0.05, 0.1) is 0 Å². The molecule has 0 aromatic carbocycles. The molecule has 0 spiro atoms. The molecule has 0 N–H and O–H groups in total. The van der Waals surface area contributed by atoms with Crippen molar-refractivity contribution in [3.63, 3.8) is 0 Å². The summed E-state index contributed by atoms with van der Waals surface area (Å²) in [6, 6.07) is 0. The van der Waals surface area contributed by atoms with E-state index in [-0.39, 0.29) is 0 Å². The second kappa shape index (κ2) is 4.78. The van der Waals surface area contributed by atoms with Gasteiger partial charge in [-0.05, 0) is 11.6 Å². The maximum atomic E-state index is 12.6. The van der Waals surface area contributed by atoms with Gasteiger partial charge in [0.25, 0.3) is 0 Å². The minimum atomic E-state index is -6.93. The summed E-state index contributed by atoms with van der Waals surface area (Å²) >= 11 is 4.51. The van der Waals surface area contributed by atoms with E-state index in [2.05, 4.69) is 11.6 Å². The number of alkyl halides is 9. The number of carbonyl (C=O) groups is 1.